The first kappa shape index (κ1) is 8.55. The van der Waals surface area contributed by atoms with E-state index in [1.54, 1.807) is 0 Å². The molecule has 1 N–H and O–H groups in total. The first-order valence-corrected chi connectivity index (χ1v) is 3.33. The van der Waals surface area contributed by atoms with E-state index in [4.69, 9.17) is 5.11 Å². The smallest absolute Gasteiger partial charge is 0.335 e. The van der Waals surface area contributed by atoms with Crippen LogP contribution in [0.3, 0.4) is 0 Å². The fourth-order valence-electron chi connectivity index (χ4n) is 0.121. The van der Waals surface area contributed by atoms with E-state index in [9.17, 15) is 9.70 Å². The Labute approximate surface area is 60.4 Å². The van der Waals surface area contributed by atoms with Crippen LogP contribution >= 0.6 is 15.9 Å². The molecule has 0 aromatic carbocycles. The van der Waals surface area contributed by atoms with Gasteiger partial charge in [-0.25, -0.2) is 4.79 Å². The Hall–Kier alpha value is -0.450. The number of carboxylic acid groups (broad SMARTS) is 1. The number of hydrogen-bond acceptors (Lipinski definition) is 3. The van der Waals surface area contributed by atoms with E-state index in [2.05, 4.69) is 21.1 Å². The van der Waals surface area contributed by atoms with Crippen LogP contribution in [0.2, 0.25) is 0 Å². The van der Waals surface area contributed by atoms with Crippen LogP contribution in [-0.4, -0.2) is 21.9 Å². The van der Waals surface area contributed by atoms with Gasteiger partial charge in [0.1, 0.15) is 0 Å². The second kappa shape index (κ2) is 2.91. The number of rotatable bonds is 3. The zero-order valence-electron chi connectivity index (χ0n) is 4.80. The van der Waals surface area contributed by atoms with Crippen LogP contribution in [0.15, 0.2) is 5.18 Å². The molecule has 0 aromatic heterocycles. The number of nitroso groups, excluding NO2 is 1. The Kier molecular flexibility index (Phi) is 2.76. The van der Waals surface area contributed by atoms with E-state index in [0.29, 0.717) is 0 Å². The van der Waals surface area contributed by atoms with Gasteiger partial charge in [-0.05, 0) is 6.92 Å². The van der Waals surface area contributed by atoms with Crippen molar-refractivity contribution in [3.8, 4) is 0 Å². The number of halogens is 1. The summed E-state index contributed by atoms with van der Waals surface area (Å²) in [4.78, 5) is 20.0. The standard InChI is InChI=1S/C4H6BrNO3/c1-4(2-5,6-9)3(7)8/h2H2,1H3,(H,7,8)/t4-/m0/s1. The highest BCUT2D eigenvalue weighted by Crippen LogP contribution is 2.12. The van der Waals surface area contributed by atoms with Gasteiger partial charge in [-0.2, -0.15) is 0 Å². The zero-order chi connectivity index (χ0) is 7.49. The van der Waals surface area contributed by atoms with Crippen molar-refractivity contribution in [2.75, 3.05) is 5.33 Å². The molecule has 0 heterocycles. The van der Waals surface area contributed by atoms with Crippen molar-refractivity contribution in [1.82, 2.24) is 0 Å². The quantitative estimate of drug-likeness (QED) is 0.540. The summed E-state index contributed by atoms with van der Waals surface area (Å²) in [5.74, 6) is -1.21. The fourth-order valence-corrected chi connectivity index (χ4v) is 0.463. The van der Waals surface area contributed by atoms with E-state index in [-0.39, 0.29) is 5.33 Å². The first-order chi connectivity index (χ1) is 4.06. The lowest BCUT2D eigenvalue weighted by Gasteiger charge is -2.09. The Bertz CT molecular complexity index is 138. The maximum atomic E-state index is 10.2. The topological polar surface area (TPSA) is 66.7 Å². The molecule has 5 heteroatoms. The molecular formula is C4H6BrNO3. The molecule has 0 spiro atoms. The second-order valence-electron chi connectivity index (χ2n) is 1.80. The van der Waals surface area contributed by atoms with Crippen molar-refractivity contribution < 1.29 is 9.90 Å². The van der Waals surface area contributed by atoms with Crippen molar-refractivity contribution in [2.24, 2.45) is 5.18 Å². The molecule has 9 heavy (non-hydrogen) atoms. The van der Waals surface area contributed by atoms with E-state index in [1.807, 2.05) is 0 Å². The third-order valence-electron chi connectivity index (χ3n) is 0.922. The molecule has 0 amide bonds. The van der Waals surface area contributed by atoms with Gasteiger partial charge in [0.2, 0.25) is 5.54 Å². The molecule has 52 valence electrons. The van der Waals surface area contributed by atoms with Crippen molar-refractivity contribution in [3.63, 3.8) is 0 Å². The molecule has 0 unspecified atom stereocenters. The summed E-state index contributed by atoms with van der Waals surface area (Å²) in [6.07, 6.45) is 0. The maximum Gasteiger partial charge on any atom is 0.335 e. The Balaban J connectivity index is 4.27. The van der Waals surface area contributed by atoms with Gasteiger partial charge in [0, 0.05) is 5.33 Å². The molecule has 1 atom stereocenters. The number of alkyl halides is 1. The van der Waals surface area contributed by atoms with Gasteiger partial charge in [-0.1, -0.05) is 21.1 Å². The highest BCUT2D eigenvalue weighted by molar-refractivity contribution is 9.09. The van der Waals surface area contributed by atoms with Crippen LogP contribution in [0.4, 0.5) is 0 Å². The van der Waals surface area contributed by atoms with E-state index in [0.717, 1.165) is 0 Å². The van der Waals surface area contributed by atoms with Crippen molar-refractivity contribution >= 4 is 21.9 Å². The van der Waals surface area contributed by atoms with E-state index >= 15 is 0 Å². The molecular weight excluding hydrogens is 190 g/mol. The molecule has 4 nitrogen and oxygen atoms in total. The fraction of sp³-hybridized carbons (Fsp3) is 0.750. The largest absolute Gasteiger partial charge is 0.479 e. The molecule has 0 aliphatic heterocycles. The van der Waals surface area contributed by atoms with Crippen molar-refractivity contribution in [1.29, 1.82) is 0 Å². The summed E-state index contributed by atoms with van der Waals surface area (Å²) >= 11 is 2.86. The van der Waals surface area contributed by atoms with Gasteiger partial charge >= 0.3 is 5.97 Å². The van der Waals surface area contributed by atoms with Crippen LogP contribution in [0, 0.1) is 4.91 Å². The molecule has 0 saturated heterocycles. The molecule has 0 bridgehead atoms. The van der Waals surface area contributed by atoms with Gasteiger partial charge in [-0.3, -0.25) is 0 Å². The SMILES string of the molecule is C[C@@](CBr)(N=O)C(=O)O. The minimum Gasteiger partial charge on any atom is -0.479 e. The minimum absolute atomic E-state index is 0.0405. The summed E-state index contributed by atoms with van der Waals surface area (Å²) in [7, 11) is 0. The summed E-state index contributed by atoms with van der Waals surface area (Å²) in [6.45, 7) is 1.25. The average Bonchev–Trinajstić information content (AvgIpc) is 1.86. The Morgan fingerprint density at radius 1 is 1.89 bits per heavy atom. The lowest BCUT2D eigenvalue weighted by atomic mass is 10.1. The van der Waals surface area contributed by atoms with Crippen molar-refractivity contribution in [2.45, 2.75) is 12.5 Å². The summed E-state index contributed by atoms with van der Waals surface area (Å²) in [5, 5.41) is 10.8. The number of hydrogen-bond donors (Lipinski definition) is 1. The Morgan fingerprint density at radius 2 is 2.33 bits per heavy atom. The number of nitrogens with zero attached hydrogens (tertiary/aromatic N) is 1. The first-order valence-electron chi connectivity index (χ1n) is 2.20. The molecule has 0 fully saturated rings. The summed E-state index contributed by atoms with van der Waals surface area (Å²) in [5.41, 5.74) is -1.51. The predicted octanol–water partition coefficient (Wildman–Crippen LogP) is 0.991. The van der Waals surface area contributed by atoms with Crippen LogP contribution in [-0.2, 0) is 4.79 Å². The average molecular weight is 196 g/mol. The maximum absolute atomic E-state index is 10.2. The number of carbonyl (C=O) groups is 1. The highest BCUT2D eigenvalue weighted by atomic mass is 79.9. The van der Waals surface area contributed by atoms with E-state index in [1.165, 1.54) is 6.92 Å². The van der Waals surface area contributed by atoms with Crippen LogP contribution in [0.25, 0.3) is 0 Å². The van der Waals surface area contributed by atoms with Crippen LogP contribution in [0.5, 0.6) is 0 Å². The van der Waals surface area contributed by atoms with Gasteiger partial charge < -0.3 is 5.11 Å². The van der Waals surface area contributed by atoms with Crippen LogP contribution in [0.1, 0.15) is 6.92 Å². The third kappa shape index (κ3) is 1.74. The third-order valence-corrected chi connectivity index (χ3v) is 2.01. The second-order valence-corrected chi connectivity index (χ2v) is 2.36. The predicted molar refractivity (Wildman–Crippen MR) is 35.6 cm³/mol. The van der Waals surface area contributed by atoms with Gasteiger partial charge in [-0.15, -0.1) is 4.91 Å². The van der Waals surface area contributed by atoms with Crippen molar-refractivity contribution in [3.05, 3.63) is 4.91 Å². The summed E-state index contributed by atoms with van der Waals surface area (Å²) < 4.78 is 0. The molecule has 0 rings (SSSR count). The lowest BCUT2D eigenvalue weighted by molar-refractivity contribution is -0.141. The summed E-state index contributed by atoms with van der Waals surface area (Å²) in [6, 6.07) is 0. The van der Waals surface area contributed by atoms with Gasteiger partial charge in [0.05, 0.1) is 0 Å². The Morgan fingerprint density at radius 3 is 2.33 bits per heavy atom. The molecule has 0 radical (unpaired) electrons. The van der Waals surface area contributed by atoms with Gasteiger partial charge in [0.25, 0.3) is 0 Å². The monoisotopic (exact) mass is 195 g/mol. The minimum atomic E-state index is -1.51. The molecule has 0 aromatic rings. The molecule has 0 saturated carbocycles. The number of carboxylic acids is 1. The molecule has 0 aliphatic rings. The zero-order valence-corrected chi connectivity index (χ0v) is 6.38. The molecule has 0 aliphatic carbocycles. The van der Waals surface area contributed by atoms with Gasteiger partial charge in [0.15, 0.2) is 0 Å². The lowest BCUT2D eigenvalue weighted by Crippen LogP contribution is -2.34. The normalized spacial score (nSPS) is 16.2. The number of aliphatic carboxylic acids is 1. The highest BCUT2D eigenvalue weighted by Gasteiger charge is 2.33. The van der Waals surface area contributed by atoms with E-state index < -0.39 is 11.5 Å². The van der Waals surface area contributed by atoms with Crippen LogP contribution < -0.4 is 0 Å².